The van der Waals surface area contributed by atoms with Crippen molar-refractivity contribution in [2.24, 2.45) is 0 Å². The van der Waals surface area contributed by atoms with Crippen LogP contribution in [0.15, 0.2) is 24.3 Å². The monoisotopic (exact) mass is 379 g/mol. The Bertz CT molecular complexity index is 566. The molecule has 0 unspecified atom stereocenters. The summed E-state index contributed by atoms with van der Waals surface area (Å²) < 4.78 is 0. The highest BCUT2D eigenvalue weighted by Gasteiger charge is 2.38. The highest BCUT2D eigenvalue weighted by molar-refractivity contribution is 5.85. The molecule has 1 saturated heterocycles. The van der Waals surface area contributed by atoms with Gasteiger partial charge >= 0.3 is 0 Å². The molecule has 3 N–H and O–H groups in total. The van der Waals surface area contributed by atoms with Crippen LogP contribution in [0.25, 0.3) is 0 Å². The molecule has 1 heterocycles. The molecule has 4 nitrogen and oxygen atoms in total. The minimum absolute atomic E-state index is 0. The van der Waals surface area contributed by atoms with Crippen molar-refractivity contribution in [2.45, 2.75) is 69.7 Å². The molecule has 0 bridgehead atoms. The Balaban J connectivity index is 0.00000243. The third kappa shape index (κ3) is 5.37. The molecule has 0 radical (unpaired) electrons. The van der Waals surface area contributed by atoms with Crippen LogP contribution in [0.3, 0.4) is 0 Å². The number of likely N-dealkylation sites (tertiary alicyclic amines) is 1. The summed E-state index contributed by atoms with van der Waals surface area (Å²) in [4.78, 5) is 15.1. The Morgan fingerprint density at radius 2 is 1.69 bits per heavy atom. The van der Waals surface area contributed by atoms with Gasteiger partial charge in [-0.1, -0.05) is 43.9 Å². The summed E-state index contributed by atoms with van der Waals surface area (Å²) in [6, 6.07) is 7.83. The highest BCUT2D eigenvalue weighted by atomic mass is 35.5. The zero-order valence-corrected chi connectivity index (χ0v) is 16.7. The molecule has 2 aliphatic rings. The number of nitrogens with two attached hydrogens (primary N) is 1. The van der Waals surface area contributed by atoms with Crippen molar-refractivity contribution in [1.82, 2.24) is 10.2 Å². The predicted octanol–water partition coefficient (Wildman–Crippen LogP) is 3.93. The van der Waals surface area contributed by atoms with E-state index in [0.29, 0.717) is 6.42 Å². The summed E-state index contributed by atoms with van der Waals surface area (Å²) in [5.74, 6) is 0.158. The molecule has 1 aromatic carbocycles. The van der Waals surface area contributed by atoms with Gasteiger partial charge in [0.1, 0.15) is 0 Å². The molecular weight excluding hydrogens is 346 g/mol. The molecule has 1 aliphatic carbocycles. The van der Waals surface area contributed by atoms with E-state index in [1.165, 1.54) is 64.5 Å². The van der Waals surface area contributed by atoms with E-state index in [9.17, 15) is 4.79 Å². The van der Waals surface area contributed by atoms with Crippen LogP contribution in [-0.4, -0.2) is 36.0 Å². The second kappa shape index (κ2) is 10.2. The van der Waals surface area contributed by atoms with Gasteiger partial charge in [-0.05, 0) is 56.8 Å². The summed E-state index contributed by atoms with van der Waals surface area (Å²) in [6.45, 7) is 3.23. The smallest absolute Gasteiger partial charge is 0.220 e. The van der Waals surface area contributed by atoms with Crippen LogP contribution in [0.5, 0.6) is 0 Å². The average molecular weight is 380 g/mol. The second-order valence-corrected chi connectivity index (χ2v) is 7.81. The van der Waals surface area contributed by atoms with E-state index in [2.05, 4.69) is 10.2 Å². The highest BCUT2D eigenvalue weighted by Crippen LogP contribution is 2.35. The predicted molar refractivity (Wildman–Crippen MR) is 111 cm³/mol. The maximum Gasteiger partial charge on any atom is 0.220 e. The number of hydrogen-bond donors (Lipinski definition) is 2. The van der Waals surface area contributed by atoms with Gasteiger partial charge in [-0.25, -0.2) is 0 Å². The number of anilines is 1. The van der Waals surface area contributed by atoms with Gasteiger partial charge in [0.05, 0.1) is 0 Å². The number of para-hydroxylation sites is 1. The second-order valence-electron chi connectivity index (χ2n) is 7.81. The van der Waals surface area contributed by atoms with E-state index in [4.69, 9.17) is 5.73 Å². The van der Waals surface area contributed by atoms with Gasteiger partial charge in [0.25, 0.3) is 0 Å². The molecule has 0 spiro atoms. The molecule has 5 heteroatoms. The number of piperidine rings is 1. The van der Waals surface area contributed by atoms with Crippen molar-refractivity contribution in [3.63, 3.8) is 0 Å². The third-order valence-corrected chi connectivity index (χ3v) is 6.10. The lowest BCUT2D eigenvalue weighted by Crippen LogP contribution is -2.58. The van der Waals surface area contributed by atoms with E-state index in [-0.39, 0.29) is 23.9 Å². The number of amides is 1. The lowest BCUT2D eigenvalue weighted by atomic mass is 9.79. The Morgan fingerprint density at radius 3 is 2.38 bits per heavy atom. The zero-order chi connectivity index (χ0) is 17.5. The van der Waals surface area contributed by atoms with Crippen molar-refractivity contribution in [3.8, 4) is 0 Å². The van der Waals surface area contributed by atoms with Crippen molar-refractivity contribution in [3.05, 3.63) is 29.8 Å². The topological polar surface area (TPSA) is 58.4 Å². The summed E-state index contributed by atoms with van der Waals surface area (Å²) in [6.07, 6.45) is 11.6. The Morgan fingerprint density at radius 1 is 1.04 bits per heavy atom. The van der Waals surface area contributed by atoms with Gasteiger partial charge in [0.2, 0.25) is 5.91 Å². The first-order valence-electron chi connectivity index (χ1n) is 10.0. The van der Waals surface area contributed by atoms with E-state index < -0.39 is 0 Å². The number of hydrogen-bond acceptors (Lipinski definition) is 3. The molecule has 1 saturated carbocycles. The van der Waals surface area contributed by atoms with Crippen LogP contribution >= 0.6 is 12.4 Å². The van der Waals surface area contributed by atoms with Crippen molar-refractivity contribution < 1.29 is 4.79 Å². The molecule has 0 aromatic heterocycles. The van der Waals surface area contributed by atoms with E-state index in [1.807, 2.05) is 24.3 Å². The van der Waals surface area contributed by atoms with Gasteiger partial charge in [0, 0.05) is 24.2 Å². The minimum atomic E-state index is 0. The molecule has 1 aromatic rings. The number of carbonyl (C=O) groups excluding carboxylic acids is 1. The van der Waals surface area contributed by atoms with Crippen LogP contribution in [0, 0.1) is 0 Å². The zero-order valence-electron chi connectivity index (χ0n) is 15.8. The Hall–Kier alpha value is -1.26. The quantitative estimate of drug-likeness (QED) is 0.736. The maximum atomic E-state index is 12.4. The summed E-state index contributed by atoms with van der Waals surface area (Å²) >= 11 is 0. The first-order chi connectivity index (χ1) is 12.2. The number of benzene rings is 1. The van der Waals surface area contributed by atoms with E-state index in [1.54, 1.807) is 0 Å². The summed E-state index contributed by atoms with van der Waals surface area (Å²) in [7, 11) is 0. The lowest BCUT2D eigenvalue weighted by Gasteiger charge is -2.48. The summed E-state index contributed by atoms with van der Waals surface area (Å²) in [5.41, 5.74) is 8.04. The fraction of sp³-hybridized carbons (Fsp3) is 0.667. The van der Waals surface area contributed by atoms with Crippen molar-refractivity contribution >= 4 is 24.0 Å². The molecule has 1 amide bonds. The van der Waals surface area contributed by atoms with Gasteiger partial charge in [-0.3, -0.25) is 9.69 Å². The van der Waals surface area contributed by atoms with Crippen LogP contribution in [0.1, 0.15) is 63.4 Å². The van der Waals surface area contributed by atoms with Gasteiger partial charge < -0.3 is 11.1 Å². The van der Waals surface area contributed by atoms with Crippen LogP contribution in [0.2, 0.25) is 0 Å². The van der Waals surface area contributed by atoms with Crippen LogP contribution in [-0.2, 0) is 11.2 Å². The third-order valence-electron chi connectivity index (χ3n) is 6.10. The first kappa shape index (κ1) is 21.0. The molecule has 146 valence electrons. The summed E-state index contributed by atoms with van der Waals surface area (Å²) in [5, 5.41) is 3.26. The van der Waals surface area contributed by atoms with Gasteiger partial charge in [-0.15, -0.1) is 12.4 Å². The standard InChI is InChI=1S/C21H33N3O.ClH/c22-19-10-4-3-9-18(19)11-12-20(25)23-17-21(13-5-1-6-14-21)24-15-7-2-8-16-24;/h3-4,9-10H,1-2,5-8,11-17,22H2,(H,23,25);1H. The SMILES string of the molecule is Cl.Nc1ccccc1CCC(=O)NCC1(N2CCCCC2)CCCCC1. The number of halogens is 1. The lowest BCUT2D eigenvalue weighted by molar-refractivity contribution is -0.122. The fourth-order valence-electron chi connectivity index (χ4n) is 4.54. The molecule has 2 fully saturated rings. The molecule has 0 atom stereocenters. The van der Waals surface area contributed by atoms with Gasteiger partial charge in [-0.2, -0.15) is 0 Å². The number of rotatable bonds is 6. The number of nitrogen functional groups attached to an aromatic ring is 1. The maximum absolute atomic E-state index is 12.4. The Kier molecular flexibility index (Phi) is 8.23. The molecule has 3 rings (SSSR count). The largest absolute Gasteiger partial charge is 0.399 e. The number of nitrogens with one attached hydrogen (secondary N) is 1. The van der Waals surface area contributed by atoms with E-state index in [0.717, 1.165) is 24.2 Å². The number of aryl methyl sites for hydroxylation is 1. The first-order valence-corrected chi connectivity index (χ1v) is 10.0. The molecule has 26 heavy (non-hydrogen) atoms. The number of carbonyl (C=O) groups is 1. The van der Waals surface area contributed by atoms with Crippen LogP contribution < -0.4 is 11.1 Å². The van der Waals surface area contributed by atoms with Crippen molar-refractivity contribution in [1.29, 1.82) is 0 Å². The van der Waals surface area contributed by atoms with E-state index >= 15 is 0 Å². The van der Waals surface area contributed by atoms with Crippen LogP contribution in [0.4, 0.5) is 5.69 Å². The Labute approximate surface area is 164 Å². The number of nitrogens with zero attached hydrogens (tertiary/aromatic N) is 1. The van der Waals surface area contributed by atoms with Crippen molar-refractivity contribution in [2.75, 3.05) is 25.4 Å². The normalized spacial score (nSPS) is 20.2. The van der Waals surface area contributed by atoms with Gasteiger partial charge in [0.15, 0.2) is 0 Å². The average Bonchev–Trinajstić information content (AvgIpc) is 2.67. The molecular formula is C21H34ClN3O. The fourth-order valence-corrected chi connectivity index (χ4v) is 4.54. The minimum Gasteiger partial charge on any atom is -0.399 e. The molecule has 1 aliphatic heterocycles.